The molecule has 0 bridgehead atoms. The van der Waals surface area contributed by atoms with Crippen LogP contribution in [0.3, 0.4) is 0 Å². The van der Waals surface area contributed by atoms with Crippen molar-refractivity contribution in [2.45, 2.75) is 45.8 Å². The highest BCUT2D eigenvalue weighted by Gasteiger charge is 2.26. The van der Waals surface area contributed by atoms with Gasteiger partial charge in [-0.2, -0.15) is 0 Å². The van der Waals surface area contributed by atoms with Crippen molar-refractivity contribution >= 4 is 17.4 Å². The van der Waals surface area contributed by atoms with Crippen LogP contribution < -0.4 is 10.2 Å². The maximum absolute atomic E-state index is 11.9. The molecule has 1 aliphatic rings. The molecule has 0 unspecified atom stereocenters. The van der Waals surface area contributed by atoms with Crippen molar-refractivity contribution in [2.75, 3.05) is 18.0 Å². The lowest BCUT2D eigenvalue weighted by molar-refractivity contribution is 0.0509. The van der Waals surface area contributed by atoms with Crippen LogP contribution in [0.25, 0.3) is 5.65 Å². The van der Waals surface area contributed by atoms with Crippen molar-refractivity contribution in [2.24, 2.45) is 0 Å². The summed E-state index contributed by atoms with van der Waals surface area (Å²) in [6.07, 6.45) is 6.43. The smallest absolute Gasteiger partial charge is 0.407 e. The number of hydrogen-bond donors (Lipinski definition) is 1. The predicted octanol–water partition coefficient (Wildman–Crippen LogP) is 2.75. The summed E-state index contributed by atoms with van der Waals surface area (Å²) < 4.78 is 7.37. The predicted molar refractivity (Wildman–Crippen MR) is 89.9 cm³/mol. The van der Waals surface area contributed by atoms with Gasteiger partial charge in [-0.1, -0.05) is 0 Å². The number of fused-ring (bicyclic) bond motifs is 1. The van der Waals surface area contributed by atoms with Gasteiger partial charge in [0.05, 0.1) is 11.7 Å². The van der Waals surface area contributed by atoms with Crippen LogP contribution in [0.5, 0.6) is 0 Å². The number of carbonyl (C=O) groups is 1. The minimum Gasteiger partial charge on any atom is -0.444 e. The molecule has 0 aliphatic carbocycles. The largest absolute Gasteiger partial charge is 0.444 e. The molecule has 3 heterocycles. The summed E-state index contributed by atoms with van der Waals surface area (Å²) in [5.74, 6) is 0. The summed E-state index contributed by atoms with van der Waals surface area (Å²) in [5, 5.41) is 2.96. The van der Waals surface area contributed by atoms with Crippen molar-refractivity contribution in [3.05, 3.63) is 30.2 Å². The van der Waals surface area contributed by atoms with Gasteiger partial charge in [0, 0.05) is 31.7 Å². The molecule has 1 atom stereocenters. The molecule has 1 N–H and O–H groups in total. The van der Waals surface area contributed by atoms with E-state index in [-0.39, 0.29) is 12.1 Å². The van der Waals surface area contributed by atoms with Crippen LogP contribution in [0.2, 0.25) is 0 Å². The summed E-state index contributed by atoms with van der Waals surface area (Å²) in [6, 6.07) is 2.27. The van der Waals surface area contributed by atoms with Crippen LogP contribution in [0.4, 0.5) is 10.5 Å². The van der Waals surface area contributed by atoms with Gasteiger partial charge in [0.25, 0.3) is 0 Å². The van der Waals surface area contributed by atoms with Gasteiger partial charge in [-0.3, -0.25) is 0 Å². The Hall–Kier alpha value is -2.24. The number of aromatic nitrogens is 2. The van der Waals surface area contributed by atoms with Gasteiger partial charge in [-0.15, -0.1) is 0 Å². The van der Waals surface area contributed by atoms with Gasteiger partial charge < -0.3 is 19.4 Å². The standard InChI is InChI=1S/C17H24N4O2/c1-12-9-14(11-21-8-6-18-15(12)21)20-7-5-13(10-20)19-16(22)23-17(2,3)4/h6,8-9,11,13H,5,7,10H2,1-4H3,(H,19,22)/t13-/m1/s1. The molecule has 6 nitrogen and oxygen atoms in total. The van der Waals surface area contributed by atoms with Gasteiger partial charge in [0.15, 0.2) is 0 Å². The molecule has 124 valence electrons. The van der Waals surface area contributed by atoms with E-state index in [2.05, 4.69) is 34.4 Å². The lowest BCUT2D eigenvalue weighted by Gasteiger charge is -2.22. The second-order valence-corrected chi connectivity index (χ2v) is 7.12. The van der Waals surface area contributed by atoms with Crippen LogP contribution >= 0.6 is 0 Å². The second-order valence-electron chi connectivity index (χ2n) is 7.12. The Kier molecular flexibility index (Phi) is 3.92. The zero-order valence-electron chi connectivity index (χ0n) is 14.2. The van der Waals surface area contributed by atoms with Gasteiger partial charge in [-0.25, -0.2) is 9.78 Å². The first-order chi connectivity index (χ1) is 10.8. The van der Waals surface area contributed by atoms with Gasteiger partial charge in [-0.05, 0) is 45.7 Å². The lowest BCUT2D eigenvalue weighted by atomic mass is 10.2. The van der Waals surface area contributed by atoms with Crippen LogP contribution in [0, 0.1) is 6.92 Å². The van der Waals surface area contributed by atoms with Crippen molar-refractivity contribution < 1.29 is 9.53 Å². The highest BCUT2D eigenvalue weighted by Crippen LogP contribution is 2.23. The number of aryl methyl sites for hydroxylation is 1. The third kappa shape index (κ3) is 3.57. The number of amides is 1. The summed E-state index contributed by atoms with van der Waals surface area (Å²) in [6.45, 7) is 9.39. The van der Waals surface area contributed by atoms with E-state index in [1.54, 1.807) is 0 Å². The quantitative estimate of drug-likeness (QED) is 0.925. The van der Waals surface area contributed by atoms with Gasteiger partial charge in [0.1, 0.15) is 11.2 Å². The normalized spacial score (nSPS) is 18.4. The minimum absolute atomic E-state index is 0.114. The van der Waals surface area contributed by atoms with Crippen LogP contribution in [0.15, 0.2) is 24.7 Å². The van der Waals surface area contributed by atoms with E-state index in [0.717, 1.165) is 36.4 Å². The van der Waals surface area contributed by atoms with E-state index in [4.69, 9.17) is 4.74 Å². The molecule has 0 aromatic carbocycles. The Labute approximate surface area is 136 Å². The topological polar surface area (TPSA) is 58.9 Å². The number of alkyl carbamates (subject to hydrolysis) is 1. The number of nitrogens with zero attached hydrogens (tertiary/aromatic N) is 3. The molecule has 1 fully saturated rings. The van der Waals surface area contributed by atoms with E-state index in [1.165, 1.54) is 0 Å². The minimum atomic E-state index is -0.466. The average molecular weight is 316 g/mol. The molecule has 2 aromatic heterocycles. The Morgan fingerprint density at radius 2 is 2.22 bits per heavy atom. The molecule has 3 rings (SSSR count). The van der Waals surface area contributed by atoms with Crippen LogP contribution in [0.1, 0.15) is 32.8 Å². The number of hydrogen-bond acceptors (Lipinski definition) is 4. The summed E-state index contributed by atoms with van der Waals surface area (Å²) in [4.78, 5) is 18.5. The summed E-state index contributed by atoms with van der Waals surface area (Å²) >= 11 is 0. The maximum Gasteiger partial charge on any atom is 0.407 e. The lowest BCUT2D eigenvalue weighted by Crippen LogP contribution is -2.40. The Morgan fingerprint density at radius 3 is 2.96 bits per heavy atom. The highest BCUT2D eigenvalue weighted by atomic mass is 16.6. The van der Waals surface area contributed by atoms with Crippen LogP contribution in [-0.2, 0) is 4.74 Å². The number of rotatable bonds is 2. The van der Waals surface area contributed by atoms with Gasteiger partial charge in [0.2, 0.25) is 0 Å². The molecule has 0 spiro atoms. The van der Waals surface area contributed by atoms with E-state index in [1.807, 2.05) is 37.6 Å². The first-order valence-electron chi connectivity index (χ1n) is 7.99. The van der Waals surface area contributed by atoms with E-state index in [0.29, 0.717) is 0 Å². The van der Waals surface area contributed by atoms with Crippen molar-refractivity contribution in [1.82, 2.24) is 14.7 Å². The zero-order chi connectivity index (χ0) is 16.6. The fraction of sp³-hybridized carbons (Fsp3) is 0.529. The number of carbonyl (C=O) groups excluding carboxylic acids is 1. The average Bonchev–Trinajstić information content (AvgIpc) is 3.04. The number of anilines is 1. The molecular weight excluding hydrogens is 292 g/mol. The second kappa shape index (κ2) is 5.76. The van der Waals surface area contributed by atoms with E-state index < -0.39 is 5.60 Å². The van der Waals surface area contributed by atoms with Crippen LogP contribution in [-0.4, -0.2) is 40.2 Å². The molecule has 1 aliphatic heterocycles. The fourth-order valence-corrected chi connectivity index (χ4v) is 2.95. The Bertz CT molecular complexity index is 717. The molecular formula is C17H24N4O2. The first-order valence-corrected chi connectivity index (χ1v) is 7.99. The SMILES string of the molecule is Cc1cc(N2CC[C@@H](NC(=O)OC(C)(C)C)C2)cn2ccnc12. The molecule has 0 radical (unpaired) electrons. The van der Waals surface area contributed by atoms with Gasteiger partial charge >= 0.3 is 6.09 Å². The Balaban J connectivity index is 1.66. The number of pyridine rings is 1. The summed E-state index contributed by atoms with van der Waals surface area (Å²) in [7, 11) is 0. The fourth-order valence-electron chi connectivity index (χ4n) is 2.95. The van der Waals surface area contributed by atoms with E-state index in [9.17, 15) is 4.79 Å². The zero-order valence-corrected chi connectivity index (χ0v) is 14.2. The maximum atomic E-state index is 11.9. The molecule has 1 amide bonds. The Morgan fingerprint density at radius 1 is 1.43 bits per heavy atom. The monoisotopic (exact) mass is 316 g/mol. The highest BCUT2D eigenvalue weighted by molar-refractivity contribution is 5.68. The number of nitrogens with one attached hydrogen (secondary N) is 1. The summed E-state index contributed by atoms with van der Waals surface area (Å²) in [5.41, 5.74) is 2.82. The van der Waals surface area contributed by atoms with E-state index >= 15 is 0 Å². The molecule has 2 aromatic rings. The third-order valence-corrected chi connectivity index (χ3v) is 3.93. The van der Waals surface area contributed by atoms with Crippen molar-refractivity contribution in [3.8, 4) is 0 Å². The first kappa shape index (κ1) is 15.6. The molecule has 0 saturated carbocycles. The van der Waals surface area contributed by atoms with Crippen molar-refractivity contribution in [3.63, 3.8) is 0 Å². The number of ether oxygens (including phenoxy) is 1. The number of imidazole rings is 1. The van der Waals surface area contributed by atoms with Crippen molar-refractivity contribution in [1.29, 1.82) is 0 Å². The molecule has 23 heavy (non-hydrogen) atoms. The third-order valence-electron chi connectivity index (χ3n) is 3.93. The molecule has 1 saturated heterocycles. The molecule has 6 heteroatoms.